The summed E-state index contributed by atoms with van der Waals surface area (Å²) < 4.78 is 2.99. The molecule has 1 aromatic heterocycles. The summed E-state index contributed by atoms with van der Waals surface area (Å²) in [7, 11) is 4.05. The summed E-state index contributed by atoms with van der Waals surface area (Å²) >= 11 is 3.47. The van der Waals surface area contributed by atoms with Gasteiger partial charge in [-0.05, 0) is 62.3 Å². The average Bonchev–Trinajstić information content (AvgIpc) is 2.95. The molecule has 1 fully saturated rings. The number of hydrogen-bond acceptors (Lipinski definition) is 2. The smallest absolute Gasteiger partial charge is 0.270 e. The Balaban J connectivity index is 2.10. The highest BCUT2D eigenvalue weighted by Gasteiger charge is 2.25. The lowest BCUT2D eigenvalue weighted by Gasteiger charge is -2.26. The van der Waals surface area contributed by atoms with E-state index in [1.165, 1.54) is 12.8 Å². The summed E-state index contributed by atoms with van der Waals surface area (Å²) in [6.07, 6.45) is 4.40. The predicted molar refractivity (Wildman–Crippen MR) is 85.1 cm³/mol. The highest BCUT2D eigenvalue weighted by atomic mass is 79.9. The third-order valence-electron chi connectivity index (χ3n) is 4.09. The topological polar surface area (TPSA) is 28.5 Å². The third-order valence-corrected chi connectivity index (χ3v) is 4.53. The Morgan fingerprint density at radius 1 is 1.55 bits per heavy atom. The molecule has 0 aromatic carbocycles. The maximum Gasteiger partial charge on any atom is 0.270 e. The van der Waals surface area contributed by atoms with Crippen LogP contribution in [0.1, 0.15) is 43.2 Å². The number of likely N-dealkylation sites (N-methyl/N-ethyl adjacent to an activating group) is 2. The van der Waals surface area contributed by atoms with Gasteiger partial charge in [0.05, 0.1) is 0 Å². The summed E-state index contributed by atoms with van der Waals surface area (Å²) in [5, 5.41) is 0. The van der Waals surface area contributed by atoms with E-state index in [1.54, 1.807) is 0 Å². The third kappa shape index (κ3) is 3.26. The van der Waals surface area contributed by atoms with E-state index in [4.69, 9.17) is 0 Å². The number of hydrogen-bond donors (Lipinski definition) is 0. The summed E-state index contributed by atoms with van der Waals surface area (Å²) in [4.78, 5) is 16.8. The largest absolute Gasteiger partial charge is 0.340 e. The second-order valence-corrected chi connectivity index (χ2v) is 6.92. The zero-order chi connectivity index (χ0) is 14.9. The molecule has 0 aliphatic carbocycles. The minimum Gasteiger partial charge on any atom is -0.340 e. The van der Waals surface area contributed by atoms with E-state index < -0.39 is 0 Å². The molecule has 5 heteroatoms. The Bertz CT molecular complexity index is 483. The van der Waals surface area contributed by atoms with Crippen molar-refractivity contribution < 1.29 is 4.79 Å². The number of rotatable bonds is 4. The van der Waals surface area contributed by atoms with E-state index in [-0.39, 0.29) is 11.9 Å². The molecular formula is C15H24BrN3O. The van der Waals surface area contributed by atoms with Crippen LogP contribution in [0.3, 0.4) is 0 Å². The first kappa shape index (κ1) is 15.6. The van der Waals surface area contributed by atoms with Gasteiger partial charge in [-0.2, -0.15) is 0 Å². The maximum atomic E-state index is 12.6. The van der Waals surface area contributed by atoms with Gasteiger partial charge in [0, 0.05) is 36.3 Å². The molecule has 1 atom stereocenters. The summed E-state index contributed by atoms with van der Waals surface area (Å²) in [6, 6.07) is 2.69. The summed E-state index contributed by atoms with van der Waals surface area (Å²) in [6.45, 7) is 6.12. The monoisotopic (exact) mass is 341 g/mol. The first-order valence-electron chi connectivity index (χ1n) is 7.23. The quantitative estimate of drug-likeness (QED) is 0.842. The molecule has 0 N–H and O–H groups in total. The van der Waals surface area contributed by atoms with Crippen molar-refractivity contribution in [1.82, 2.24) is 14.4 Å². The van der Waals surface area contributed by atoms with Crippen molar-refractivity contribution in [3.8, 4) is 0 Å². The molecule has 112 valence electrons. The maximum absolute atomic E-state index is 12.6. The Hall–Kier alpha value is -0.810. The van der Waals surface area contributed by atoms with Crippen molar-refractivity contribution in [3.05, 3.63) is 22.4 Å². The lowest BCUT2D eigenvalue weighted by Crippen LogP contribution is -2.40. The van der Waals surface area contributed by atoms with Crippen LogP contribution in [0.4, 0.5) is 0 Å². The van der Waals surface area contributed by atoms with E-state index in [0.717, 1.165) is 23.3 Å². The number of amides is 1. The van der Waals surface area contributed by atoms with Gasteiger partial charge in [-0.25, -0.2) is 0 Å². The van der Waals surface area contributed by atoms with Gasteiger partial charge in [-0.3, -0.25) is 4.79 Å². The van der Waals surface area contributed by atoms with Gasteiger partial charge in [0.25, 0.3) is 5.91 Å². The molecule has 0 spiro atoms. The molecule has 2 heterocycles. The second-order valence-electron chi connectivity index (χ2n) is 6.01. The van der Waals surface area contributed by atoms with E-state index >= 15 is 0 Å². The Morgan fingerprint density at radius 2 is 2.25 bits per heavy atom. The number of halogens is 1. The zero-order valence-electron chi connectivity index (χ0n) is 12.8. The Kier molecular flexibility index (Phi) is 4.91. The normalized spacial score (nSPS) is 19.8. The van der Waals surface area contributed by atoms with Crippen molar-refractivity contribution >= 4 is 21.8 Å². The molecule has 1 unspecified atom stereocenters. The Morgan fingerprint density at radius 3 is 2.80 bits per heavy atom. The minimum atomic E-state index is 0.102. The first-order valence-corrected chi connectivity index (χ1v) is 8.02. The molecule has 0 bridgehead atoms. The van der Waals surface area contributed by atoms with Gasteiger partial charge in [-0.1, -0.05) is 0 Å². The summed E-state index contributed by atoms with van der Waals surface area (Å²) in [5.41, 5.74) is 0.759. The van der Waals surface area contributed by atoms with Crippen molar-refractivity contribution in [2.24, 2.45) is 0 Å². The molecule has 4 nitrogen and oxygen atoms in total. The standard InChI is InChI=1S/C15H24BrN3O/c1-11(2)19-9-12(16)8-14(19)15(20)18(4)10-13-6-5-7-17(13)3/h8-9,11,13H,5-7,10H2,1-4H3. The molecule has 0 radical (unpaired) electrons. The molecular weight excluding hydrogens is 318 g/mol. The van der Waals surface area contributed by atoms with Crippen molar-refractivity contribution in [2.45, 2.75) is 38.8 Å². The zero-order valence-corrected chi connectivity index (χ0v) is 14.4. The van der Waals surface area contributed by atoms with Crippen LogP contribution in [-0.2, 0) is 0 Å². The van der Waals surface area contributed by atoms with E-state index in [2.05, 4.69) is 41.7 Å². The van der Waals surface area contributed by atoms with Crippen LogP contribution in [0.5, 0.6) is 0 Å². The fraction of sp³-hybridized carbons (Fsp3) is 0.667. The molecule has 2 rings (SSSR count). The highest BCUT2D eigenvalue weighted by Crippen LogP contribution is 2.21. The number of carbonyl (C=O) groups excluding carboxylic acids is 1. The number of aromatic nitrogens is 1. The van der Waals surface area contributed by atoms with Crippen molar-refractivity contribution in [3.63, 3.8) is 0 Å². The van der Waals surface area contributed by atoms with Crippen LogP contribution in [0, 0.1) is 0 Å². The van der Waals surface area contributed by atoms with Crippen LogP contribution in [-0.4, -0.2) is 53.5 Å². The number of likely N-dealkylation sites (tertiary alicyclic amines) is 1. The molecule has 1 aliphatic rings. The number of nitrogens with zero attached hydrogens (tertiary/aromatic N) is 3. The fourth-order valence-electron chi connectivity index (χ4n) is 2.85. The molecule has 0 saturated carbocycles. The van der Waals surface area contributed by atoms with Crippen molar-refractivity contribution in [1.29, 1.82) is 0 Å². The van der Waals surface area contributed by atoms with Crippen LogP contribution in [0.25, 0.3) is 0 Å². The molecule has 20 heavy (non-hydrogen) atoms. The van der Waals surface area contributed by atoms with Gasteiger partial charge in [0.15, 0.2) is 0 Å². The molecule has 1 aliphatic heterocycles. The number of carbonyl (C=O) groups is 1. The molecule has 1 amide bonds. The van der Waals surface area contributed by atoms with Gasteiger partial charge >= 0.3 is 0 Å². The van der Waals surface area contributed by atoms with Crippen LogP contribution >= 0.6 is 15.9 Å². The predicted octanol–water partition coefficient (Wildman–Crippen LogP) is 3.00. The lowest BCUT2D eigenvalue weighted by molar-refractivity contribution is 0.0749. The average molecular weight is 342 g/mol. The molecule has 1 aromatic rings. The Labute approximate surface area is 129 Å². The van der Waals surface area contributed by atoms with Gasteiger partial charge in [0.1, 0.15) is 5.69 Å². The van der Waals surface area contributed by atoms with Gasteiger partial charge in [0.2, 0.25) is 0 Å². The van der Waals surface area contributed by atoms with Crippen LogP contribution in [0.15, 0.2) is 16.7 Å². The highest BCUT2D eigenvalue weighted by molar-refractivity contribution is 9.10. The second kappa shape index (κ2) is 6.31. The van der Waals surface area contributed by atoms with E-state index in [1.807, 2.05) is 28.8 Å². The molecule has 1 saturated heterocycles. The summed E-state index contributed by atoms with van der Waals surface area (Å²) in [5.74, 6) is 0.102. The first-order chi connectivity index (χ1) is 9.40. The van der Waals surface area contributed by atoms with Gasteiger partial charge in [-0.15, -0.1) is 0 Å². The van der Waals surface area contributed by atoms with E-state index in [9.17, 15) is 4.79 Å². The van der Waals surface area contributed by atoms with Crippen LogP contribution < -0.4 is 0 Å². The lowest BCUT2D eigenvalue weighted by atomic mass is 10.2. The van der Waals surface area contributed by atoms with E-state index in [0.29, 0.717) is 6.04 Å². The SMILES string of the molecule is CC(C)n1cc(Br)cc1C(=O)N(C)CC1CCCN1C. The fourth-order valence-corrected chi connectivity index (χ4v) is 3.29. The minimum absolute atomic E-state index is 0.102. The van der Waals surface area contributed by atoms with Crippen molar-refractivity contribution in [2.75, 3.05) is 27.2 Å². The van der Waals surface area contributed by atoms with Crippen LogP contribution in [0.2, 0.25) is 0 Å². The van der Waals surface area contributed by atoms with Gasteiger partial charge < -0.3 is 14.4 Å².